The molecule has 0 radical (unpaired) electrons. The third-order valence-electron chi connectivity index (χ3n) is 1.35. The second-order valence-electron chi connectivity index (χ2n) is 2.38. The molecule has 0 bridgehead atoms. The molecule has 0 heterocycles. The molecule has 0 aliphatic carbocycles. The maximum Gasteiger partial charge on any atom is 0.447 e. The van der Waals surface area contributed by atoms with E-state index >= 15 is 0 Å². The highest BCUT2D eigenvalue weighted by molar-refractivity contribution is 7.87. The van der Waals surface area contributed by atoms with Gasteiger partial charge in [-0.3, -0.25) is 4.79 Å². The first kappa shape index (κ1) is 15.1. The maximum atomic E-state index is 12.5. The van der Waals surface area contributed by atoms with E-state index in [1.54, 1.807) is 0 Å². The molecule has 0 amide bonds. The van der Waals surface area contributed by atoms with Gasteiger partial charge in [0.25, 0.3) is 0 Å². The molecule has 3 nitrogen and oxygen atoms in total. The summed E-state index contributed by atoms with van der Waals surface area (Å²) in [7, 11) is -7.63. The largest absolute Gasteiger partial charge is 0.447 e. The molecule has 1 unspecified atom stereocenters. The molecule has 0 fully saturated rings. The van der Waals surface area contributed by atoms with Crippen LogP contribution in [0.2, 0.25) is 0 Å². The Morgan fingerprint density at radius 3 is 1.31 bits per heavy atom. The van der Waals surface area contributed by atoms with Crippen LogP contribution < -0.4 is 0 Å². The van der Waals surface area contributed by atoms with Crippen molar-refractivity contribution in [3.05, 3.63) is 0 Å². The summed E-state index contributed by atoms with van der Waals surface area (Å²) in [6, 6.07) is -4.27. The molecule has 0 aliphatic heterocycles. The van der Waals surface area contributed by atoms with Crippen molar-refractivity contribution in [3.8, 4) is 0 Å². The van der Waals surface area contributed by atoms with Gasteiger partial charge in [-0.15, -0.1) is 3.89 Å². The van der Waals surface area contributed by atoms with Gasteiger partial charge >= 0.3 is 33.4 Å². The van der Waals surface area contributed by atoms with E-state index in [2.05, 4.69) is 0 Å². The van der Waals surface area contributed by atoms with Crippen LogP contribution >= 0.6 is 0 Å². The molecule has 0 rings (SSSR count). The molecule has 0 saturated carbocycles. The summed E-state index contributed by atoms with van der Waals surface area (Å²) >= 11 is 0. The Kier molecular flexibility index (Phi) is 3.32. The quantitative estimate of drug-likeness (QED) is 0.583. The third-order valence-corrected chi connectivity index (χ3v) is 2.51. The summed E-state index contributed by atoms with van der Waals surface area (Å²) in [4.78, 5) is 9.42. The van der Waals surface area contributed by atoms with Gasteiger partial charge in [-0.2, -0.15) is 34.8 Å². The van der Waals surface area contributed by atoms with Gasteiger partial charge in [-0.1, -0.05) is 0 Å². The van der Waals surface area contributed by atoms with Gasteiger partial charge < -0.3 is 0 Å². The fourth-order valence-corrected chi connectivity index (χ4v) is 1.26. The van der Waals surface area contributed by atoms with Crippen LogP contribution in [-0.4, -0.2) is 31.6 Å². The predicted octanol–water partition coefficient (Wildman–Crippen LogP) is 1.65. The van der Waals surface area contributed by atoms with Crippen LogP contribution in [0.5, 0.6) is 0 Å². The van der Waals surface area contributed by atoms with Crippen molar-refractivity contribution in [1.82, 2.24) is 0 Å². The van der Waals surface area contributed by atoms with Crippen molar-refractivity contribution < 1.29 is 47.8 Å². The number of carbonyl (C=O) groups is 1. The fraction of sp³-hybridized carbons (Fsp3) is 0.750. The Morgan fingerprint density at radius 2 is 1.25 bits per heavy atom. The summed E-state index contributed by atoms with van der Waals surface area (Å²) in [6.45, 7) is 0. The molecule has 0 saturated heterocycles. The van der Waals surface area contributed by atoms with Gasteiger partial charge in [0.1, 0.15) is 0 Å². The Balaban J connectivity index is 6.14. The monoisotopic (exact) mass is 280 g/mol. The van der Waals surface area contributed by atoms with Crippen LogP contribution in [0.1, 0.15) is 0 Å². The van der Waals surface area contributed by atoms with Crippen LogP contribution in [0.3, 0.4) is 0 Å². The highest BCUT2D eigenvalue weighted by Crippen LogP contribution is 2.50. The van der Waals surface area contributed by atoms with Gasteiger partial charge in [0.15, 0.2) is 0 Å². The maximum absolute atomic E-state index is 12.5. The molecule has 0 spiro atoms. The second kappa shape index (κ2) is 3.53. The zero-order valence-electron chi connectivity index (χ0n) is 6.66. The summed E-state index contributed by atoms with van der Waals surface area (Å²) < 4.78 is 115. The minimum atomic E-state index is -7.63. The molecule has 0 N–H and O–H groups in total. The lowest BCUT2D eigenvalue weighted by Crippen LogP contribution is -2.61. The van der Waals surface area contributed by atoms with E-state index in [1.807, 2.05) is 0 Å². The molecule has 0 aromatic heterocycles. The lowest BCUT2D eigenvalue weighted by atomic mass is 10.2. The molecule has 0 aliphatic rings. The molecule has 1 atom stereocenters. The van der Waals surface area contributed by atoms with Gasteiger partial charge in [-0.05, 0) is 0 Å². The standard InChI is InChI=1S/C4F8O3S/c5-1(13)2(6,7)3(8,4(9,10)11)16(12,14)15. The van der Waals surface area contributed by atoms with E-state index in [0.29, 0.717) is 0 Å². The zero-order valence-corrected chi connectivity index (χ0v) is 7.47. The van der Waals surface area contributed by atoms with Crippen molar-refractivity contribution in [3.63, 3.8) is 0 Å². The van der Waals surface area contributed by atoms with Crippen LogP contribution in [0.15, 0.2) is 0 Å². The Hall–Kier alpha value is -0.940. The van der Waals surface area contributed by atoms with Crippen molar-refractivity contribution in [2.24, 2.45) is 0 Å². The van der Waals surface area contributed by atoms with E-state index in [1.165, 1.54) is 0 Å². The van der Waals surface area contributed by atoms with Crippen LogP contribution in [0.25, 0.3) is 0 Å². The molecular weight excluding hydrogens is 280 g/mol. The first-order valence-corrected chi connectivity index (χ1v) is 4.35. The van der Waals surface area contributed by atoms with E-state index in [4.69, 9.17) is 0 Å². The van der Waals surface area contributed by atoms with E-state index < -0.39 is 33.4 Å². The van der Waals surface area contributed by atoms with E-state index in [0.717, 1.165) is 0 Å². The molecule has 12 heteroatoms. The lowest BCUT2D eigenvalue weighted by Gasteiger charge is -2.27. The predicted molar refractivity (Wildman–Crippen MR) is 31.0 cm³/mol. The highest BCUT2D eigenvalue weighted by Gasteiger charge is 2.83. The second-order valence-corrected chi connectivity index (χ2v) is 3.82. The Bertz CT molecular complexity index is 396. The average molecular weight is 280 g/mol. The number of hydrogen-bond acceptors (Lipinski definition) is 3. The number of carbonyl (C=O) groups excluding carboxylic acids is 1. The molecule has 96 valence electrons. The number of rotatable bonds is 3. The van der Waals surface area contributed by atoms with Crippen molar-refractivity contribution >= 4 is 16.3 Å². The van der Waals surface area contributed by atoms with Gasteiger partial charge in [0.05, 0.1) is 0 Å². The number of halogens is 8. The van der Waals surface area contributed by atoms with Gasteiger partial charge in [0.2, 0.25) is 0 Å². The van der Waals surface area contributed by atoms with Crippen molar-refractivity contribution in [2.75, 3.05) is 0 Å². The minimum Gasteiger partial charge on any atom is -0.254 e. The SMILES string of the molecule is O=C(F)C(F)(F)C(F)(C(F)(F)F)S(=O)(=O)F. The first-order chi connectivity index (χ1) is 6.69. The topological polar surface area (TPSA) is 51.2 Å². The average Bonchev–Trinajstić information content (AvgIpc) is 1.97. The lowest BCUT2D eigenvalue weighted by molar-refractivity contribution is -0.263. The molecule has 0 aromatic carbocycles. The zero-order chi connectivity index (χ0) is 13.6. The van der Waals surface area contributed by atoms with E-state index in [9.17, 15) is 47.8 Å². The Morgan fingerprint density at radius 1 is 0.938 bits per heavy atom. The summed E-state index contributed by atoms with van der Waals surface area (Å²) in [5.41, 5.74) is 0. The van der Waals surface area contributed by atoms with Crippen LogP contribution in [0.4, 0.5) is 34.6 Å². The van der Waals surface area contributed by atoms with Crippen molar-refractivity contribution in [2.45, 2.75) is 17.1 Å². The van der Waals surface area contributed by atoms with Crippen LogP contribution in [0, 0.1) is 0 Å². The summed E-state index contributed by atoms with van der Waals surface area (Å²) in [5, 5.41) is -6.96. The van der Waals surface area contributed by atoms with Gasteiger partial charge in [-0.25, -0.2) is 4.39 Å². The molecule has 16 heavy (non-hydrogen) atoms. The van der Waals surface area contributed by atoms with Gasteiger partial charge in [0, 0.05) is 0 Å². The highest BCUT2D eigenvalue weighted by atomic mass is 32.3. The Labute approximate surface area is 82.2 Å². The molecular formula is C4F8O3S. The smallest absolute Gasteiger partial charge is 0.254 e. The fourth-order valence-electron chi connectivity index (χ4n) is 0.596. The number of hydrogen-bond donors (Lipinski definition) is 0. The minimum absolute atomic E-state index is 4.27. The third kappa shape index (κ3) is 1.85. The summed E-state index contributed by atoms with van der Waals surface area (Å²) in [6.07, 6.45) is -7.04. The summed E-state index contributed by atoms with van der Waals surface area (Å²) in [5.74, 6) is -6.74. The van der Waals surface area contributed by atoms with Crippen LogP contribution in [-0.2, 0) is 15.0 Å². The molecule has 0 aromatic rings. The van der Waals surface area contributed by atoms with Crippen molar-refractivity contribution in [1.29, 1.82) is 0 Å². The first-order valence-electron chi connectivity index (χ1n) is 2.97. The number of alkyl halides is 6. The van der Waals surface area contributed by atoms with E-state index in [-0.39, 0.29) is 0 Å². The normalized spacial score (nSPS) is 18.0.